The molecule has 6 aromatic rings. The number of ether oxygens (including phenoxy) is 4. The van der Waals surface area contributed by atoms with Crippen LogP contribution in [0.1, 0.15) is 38.8 Å². The smallest absolute Gasteiger partial charge is 0.657 e. The van der Waals surface area contributed by atoms with E-state index in [0.29, 0.717) is 26.4 Å². The van der Waals surface area contributed by atoms with E-state index >= 15 is 0 Å². The molecular formula is C50H48Br2CuN4O4. The molecule has 0 heterocycles. The predicted molar refractivity (Wildman–Crippen MR) is 257 cm³/mol. The first-order valence-electron chi connectivity index (χ1n) is 19.7. The van der Waals surface area contributed by atoms with Gasteiger partial charge >= 0.3 is 17.1 Å². The van der Waals surface area contributed by atoms with Gasteiger partial charge in [-0.3, -0.25) is 9.98 Å². The Kier molecular flexibility index (Phi) is 21.0. The van der Waals surface area contributed by atoms with E-state index in [0.717, 1.165) is 77.2 Å². The molecule has 61 heavy (non-hydrogen) atoms. The molecule has 0 saturated carbocycles. The molecule has 0 unspecified atom stereocenters. The van der Waals surface area contributed by atoms with Crippen LogP contribution in [-0.2, 0) is 17.1 Å². The minimum Gasteiger partial charge on any atom is -0.657 e. The van der Waals surface area contributed by atoms with E-state index in [1.807, 2.05) is 185 Å². The van der Waals surface area contributed by atoms with Crippen LogP contribution in [0.25, 0.3) is 22.0 Å². The maximum Gasteiger partial charge on any atom is 2.00 e. The van der Waals surface area contributed by atoms with E-state index in [4.69, 9.17) is 29.6 Å². The minimum atomic E-state index is 0. The van der Waals surface area contributed by atoms with Gasteiger partial charge in [0, 0.05) is 21.4 Å². The molecule has 0 aromatic heterocycles. The largest absolute Gasteiger partial charge is 2.00 e. The van der Waals surface area contributed by atoms with Crippen molar-refractivity contribution in [1.82, 2.24) is 0 Å². The van der Waals surface area contributed by atoms with E-state index in [-0.39, 0.29) is 17.1 Å². The summed E-state index contributed by atoms with van der Waals surface area (Å²) in [7, 11) is 0. The van der Waals surface area contributed by atoms with Crippen molar-refractivity contribution in [3.63, 3.8) is 0 Å². The minimum absolute atomic E-state index is 0. The number of nitrogens with zero attached hydrogens (tertiary/aromatic N) is 4. The average Bonchev–Trinajstić information content (AvgIpc) is 3.27. The summed E-state index contributed by atoms with van der Waals surface area (Å²) >= 11 is 6.97. The summed E-state index contributed by atoms with van der Waals surface area (Å²) in [5, 5.41) is 9.62. The Morgan fingerprint density at radius 1 is 0.426 bits per heavy atom. The molecule has 6 rings (SSSR count). The molecule has 6 aromatic carbocycles. The van der Waals surface area contributed by atoms with Crippen LogP contribution in [0.2, 0.25) is 0 Å². The summed E-state index contributed by atoms with van der Waals surface area (Å²) in [6.07, 6.45) is 7.36. The zero-order valence-corrected chi connectivity index (χ0v) is 38.6. The number of benzene rings is 6. The fourth-order valence-electron chi connectivity index (χ4n) is 5.46. The van der Waals surface area contributed by atoms with E-state index < -0.39 is 0 Å². The molecule has 8 nitrogen and oxygen atoms in total. The van der Waals surface area contributed by atoms with Crippen molar-refractivity contribution in [2.24, 2.45) is 9.98 Å². The third-order valence-corrected chi connectivity index (χ3v) is 9.34. The van der Waals surface area contributed by atoms with Crippen LogP contribution in [0.5, 0.6) is 23.0 Å². The van der Waals surface area contributed by atoms with E-state index in [2.05, 4.69) is 41.8 Å². The summed E-state index contributed by atoms with van der Waals surface area (Å²) in [6.45, 7) is 10.4. The summed E-state index contributed by atoms with van der Waals surface area (Å²) in [4.78, 5) is 9.05. The van der Waals surface area contributed by atoms with E-state index in [1.165, 1.54) is 0 Å². The molecule has 0 saturated heterocycles. The third kappa shape index (κ3) is 16.8. The molecule has 0 fully saturated rings. The van der Waals surface area contributed by atoms with Gasteiger partial charge in [-0.25, -0.2) is 0 Å². The van der Waals surface area contributed by atoms with Crippen LogP contribution in [0.4, 0.5) is 22.7 Å². The van der Waals surface area contributed by atoms with Crippen molar-refractivity contribution in [2.45, 2.75) is 27.7 Å². The second kappa shape index (κ2) is 26.6. The molecule has 0 amide bonds. The second-order valence-corrected chi connectivity index (χ2v) is 14.4. The molecule has 0 aliphatic heterocycles. The first-order chi connectivity index (χ1) is 29.3. The van der Waals surface area contributed by atoms with Crippen molar-refractivity contribution in [1.29, 1.82) is 0 Å². The summed E-state index contributed by atoms with van der Waals surface area (Å²) in [5.41, 5.74) is 7.05. The fraction of sp³-hybridized carbons (Fsp3) is 0.160. The third-order valence-electron chi connectivity index (χ3n) is 8.28. The molecule has 0 aliphatic rings. The molecule has 0 bridgehead atoms. The zero-order chi connectivity index (χ0) is 42.4. The second-order valence-electron chi connectivity index (χ2n) is 12.6. The molecule has 0 aliphatic carbocycles. The first kappa shape index (κ1) is 48.1. The van der Waals surface area contributed by atoms with Crippen molar-refractivity contribution >= 4 is 78.4 Å². The first-order valence-corrected chi connectivity index (χ1v) is 21.3. The van der Waals surface area contributed by atoms with Gasteiger partial charge in [0.25, 0.3) is 0 Å². The molecule has 1 radical (unpaired) electrons. The van der Waals surface area contributed by atoms with Crippen molar-refractivity contribution < 1.29 is 36.0 Å². The monoisotopic (exact) mass is 989 g/mol. The Morgan fingerprint density at radius 2 is 0.705 bits per heavy atom. The van der Waals surface area contributed by atoms with Crippen molar-refractivity contribution in [3.05, 3.63) is 188 Å². The van der Waals surface area contributed by atoms with E-state index in [1.54, 1.807) is 12.4 Å². The van der Waals surface area contributed by atoms with Gasteiger partial charge in [-0.2, -0.15) is 0 Å². The number of hydrogen-bond donors (Lipinski definition) is 0. The Bertz CT molecular complexity index is 2130. The molecule has 11 heteroatoms. The molecule has 0 N–H and O–H groups in total. The fourth-order valence-corrected chi connectivity index (χ4v) is 5.99. The van der Waals surface area contributed by atoms with Crippen LogP contribution in [-0.4, -0.2) is 38.9 Å². The zero-order valence-electron chi connectivity index (χ0n) is 34.5. The van der Waals surface area contributed by atoms with Gasteiger partial charge in [0.2, 0.25) is 0 Å². The van der Waals surface area contributed by atoms with Crippen molar-refractivity contribution in [3.8, 4) is 23.0 Å². The topological polar surface area (TPSA) is 89.8 Å². The van der Waals surface area contributed by atoms with Crippen LogP contribution in [0.3, 0.4) is 0 Å². The maximum absolute atomic E-state index is 5.51. The van der Waals surface area contributed by atoms with Gasteiger partial charge in [-0.1, -0.05) is 92.5 Å². The SMILES string of the molecule is CCOc1ccc(N=C/C=C(\[N-]c2ccc(OCC)cc2)c2ccc(Br)cc2)cc1.CCOc1ccc(N=C/C=C(\[N-]c2ccc(OCC)cc2)c2ccc(Br)cc2)cc1.[Cu+2]. The summed E-state index contributed by atoms with van der Waals surface area (Å²) in [6, 6.07) is 47.0. The summed E-state index contributed by atoms with van der Waals surface area (Å²) < 4.78 is 24.0. The van der Waals surface area contributed by atoms with Crippen LogP contribution >= 0.6 is 31.9 Å². The Hall–Kier alpha value is -5.58. The van der Waals surface area contributed by atoms with Gasteiger partial charge in [-0.15, -0.1) is 22.8 Å². The number of allylic oxidation sites excluding steroid dienone is 2. The van der Waals surface area contributed by atoms with E-state index in [9.17, 15) is 0 Å². The van der Waals surface area contributed by atoms with Crippen LogP contribution in [0, 0.1) is 0 Å². The normalized spacial score (nSPS) is 11.3. The Morgan fingerprint density at radius 3 is 0.984 bits per heavy atom. The maximum atomic E-state index is 5.51. The van der Waals surface area contributed by atoms with Gasteiger partial charge in [-0.05, 0) is 136 Å². The standard InChI is InChI=1S/2C25H24BrN2O2.Cu/c2*1-3-29-23-13-9-21(10-14-23)27-18-17-25(19-5-7-20(26)8-6-19)28-22-11-15-24(16-12-22)30-4-2;/h2*5-18H,3-4H2,1-2H3;/q2*-1;+2/b2*25-17-,27-18?;. The van der Waals surface area contributed by atoms with Crippen LogP contribution < -0.4 is 18.9 Å². The van der Waals surface area contributed by atoms with Gasteiger partial charge in [0.1, 0.15) is 23.0 Å². The number of halogens is 2. The van der Waals surface area contributed by atoms with Gasteiger partial charge in [0.15, 0.2) is 0 Å². The van der Waals surface area contributed by atoms with Crippen molar-refractivity contribution in [2.75, 3.05) is 26.4 Å². The Labute approximate surface area is 387 Å². The molecular weight excluding hydrogens is 944 g/mol. The quantitative estimate of drug-likeness (QED) is 0.0634. The predicted octanol–water partition coefficient (Wildman–Crippen LogP) is 15.4. The molecule has 317 valence electrons. The van der Waals surface area contributed by atoms with Gasteiger partial charge < -0.3 is 29.6 Å². The average molecular weight is 992 g/mol. The number of aliphatic imine (C=N–C) groups is 2. The molecule has 0 spiro atoms. The summed E-state index contributed by atoms with van der Waals surface area (Å²) in [5.74, 6) is 3.35. The molecule has 0 atom stereocenters. The number of hydrogen-bond acceptors (Lipinski definition) is 6. The van der Waals surface area contributed by atoms with Gasteiger partial charge in [0.05, 0.1) is 37.8 Å². The number of rotatable bonds is 18. The van der Waals surface area contributed by atoms with Crippen LogP contribution in [0.15, 0.2) is 177 Å². The Balaban J connectivity index is 0.000000264.